The van der Waals surface area contributed by atoms with E-state index in [9.17, 15) is 8.42 Å². The van der Waals surface area contributed by atoms with Crippen LogP contribution in [0.2, 0.25) is 0 Å². The predicted molar refractivity (Wildman–Crippen MR) is 40.5 cm³/mol. The molecule has 4 heteroatoms. The topological polar surface area (TPSA) is 43.4 Å². The highest BCUT2D eigenvalue weighted by molar-refractivity contribution is 7.90. The van der Waals surface area contributed by atoms with Crippen molar-refractivity contribution in [3.8, 4) is 0 Å². The minimum atomic E-state index is -2.95. The molecule has 1 unspecified atom stereocenters. The molecule has 0 aliphatic heterocycles. The lowest BCUT2D eigenvalue weighted by Gasteiger charge is -2.07. The molecule has 0 aliphatic carbocycles. The fraction of sp³-hybridized carbons (Fsp3) is 1.00. The van der Waals surface area contributed by atoms with E-state index in [1.54, 1.807) is 0 Å². The predicted octanol–water partition coefficient (Wildman–Crippen LogP) is 0.804. The van der Waals surface area contributed by atoms with Gasteiger partial charge in [0.15, 0.2) is 9.84 Å². The zero-order valence-electron chi connectivity index (χ0n) is 6.62. The van der Waals surface area contributed by atoms with Gasteiger partial charge >= 0.3 is 0 Å². The van der Waals surface area contributed by atoms with Gasteiger partial charge in [0.1, 0.15) is 5.94 Å². The maximum absolute atomic E-state index is 10.5. The van der Waals surface area contributed by atoms with Crippen LogP contribution in [0, 0.1) is 0 Å². The molecule has 0 heterocycles. The van der Waals surface area contributed by atoms with Gasteiger partial charge in [-0.3, -0.25) is 0 Å². The molecule has 62 valence electrons. The lowest BCUT2D eigenvalue weighted by molar-refractivity contribution is 0.0981. The average molecular weight is 166 g/mol. The minimum absolute atomic E-state index is 0.0368. The molecule has 0 spiro atoms. The number of hydrogen-bond acceptors (Lipinski definition) is 3. The largest absolute Gasteiger partial charge is 0.363 e. The van der Waals surface area contributed by atoms with E-state index in [1.807, 2.05) is 13.8 Å². The molecule has 0 aromatic heterocycles. The molecule has 0 amide bonds. The van der Waals surface area contributed by atoms with Gasteiger partial charge in [0.2, 0.25) is 0 Å². The number of sulfone groups is 1. The van der Waals surface area contributed by atoms with E-state index >= 15 is 0 Å². The van der Waals surface area contributed by atoms with E-state index in [2.05, 4.69) is 0 Å². The quantitative estimate of drug-likeness (QED) is 0.620. The third-order valence-corrected chi connectivity index (χ3v) is 1.71. The Morgan fingerprint density at radius 2 is 2.00 bits per heavy atom. The van der Waals surface area contributed by atoms with Gasteiger partial charge in [0, 0.05) is 6.26 Å². The van der Waals surface area contributed by atoms with E-state index in [-0.39, 0.29) is 12.0 Å². The maximum atomic E-state index is 10.5. The first-order valence-electron chi connectivity index (χ1n) is 3.25. The van der Waals surface area contributed by atoms with Crippen LogP contribution < -0.4 is 0 Å². The average Bonchev–Trinajstić information content (AvgIpc) is 1.81. The van der Waals surface area contributed by atoms with Gasteiger partial charge in [-0.1, -0.05) is 6.92 Å². The van der Waals surface area contributed by atoms with Gasteiger partial charge in [0.25, 0.3) is 0 Å². The van der Waals surface area contributed by atoms with Crippen molar-refractivity contribution in [1.82, 2.24) is 0 Å². The molecule has 0 rings (SSSR count). The first-order valence-corrected chi connectivity index (χ1v) is 5.31. The van der Waals surface area contributed by atoms with Crippen LogP contribution in [-0.2, 0) is 14.6 Å². The van der Waals surface area contributed by atoms with Gasteiger partial charge in [-0.15, -0.1) is 0 Å². The van der Waals surface area contributed by atoms with Crippen molar-refractivity contribution in [3.05, 3.63) is 0 Å². The zero-order valence-corrected chi connectivity index (χ0v) is 7.44. The van der Waals surface area contributed by atoms with Gasteiger partial charge in [-0.05, 0) is 13.3 Å². The number of hydrogen-bond donors (Lipinski definition) is 0. The summed E-state index contributed by atoms with van der Waals surface area (Å²) in [5.41, 5.74) is 0. The van der Waals surface area contributed by atoms with Crippen molar-refractivity contribution in [2.45, 2.75) is 26.4 Å². The Hall–Kier alpha value is -0.0900. The zero-order chi connectivity index (χ0) is 8.20. The van der Waals surface area contributed by atoms with Crippen LogP contribution in [0.4, 0.5) is 0 Å². The van der Waals surface area contributed by atoms with Crippen LogP contribution >= 0.6 is 0 Å². The maximum Gasteiger partial charge on any atom is 0.171 e. The second-order valence-corrected chi connectivity index (χ2v) is 4.52. The molecule has 10 heavy (non-hydrogen) atoms. The summed E-state index contributed by atoms with van der Waals surface area (Å²) < 4.78 is 26.0. The van der Waals surface area contributed by atoms with Crippen molar-refractivity contribution < 1.29 is 13.2 Å². The second kappa shape index (κ2) is 3.93. The first kappa shape index (κ1) is 9.91. The Labute approximate surface area is 62.3 Å². The van der Waals surface area contributed by atoms with Gasteiger partial charge in [0.05, 0.1) is 6.10 Å². The van der Waals surface area contributed by atoms with E-state index in [1.165, 1.54) is 0 Å². The molecular formula is C6H14O3S. The number of rotatable bonds is 4. The lowest BCUT2D eigenvalue weighted by Crippen LogP contribution is -2.13. The fourth-order valence-corrected chi connectivity index (χ4v) is 0.837. The molecule has 0 aromatic carbocycles. The highest BCUT2D eigenvalue weighted by atomic mass is 32.2. The second-order valence-electron chi connectivity index (χ2n) is 2.43. The van der Waals surface area contributed by atoms with Crippen LogP contribution in [0.5, 0.6) is 0 Å². The molecule has 0 aromatic rings. The van der Waals surface area contributed by atoms with Gasteiger partial charge < -0.3 is 4.74 Å². The van der Waals surface area contributed by atoms with Crippen LogP contribution in [0.1, 0.15) is 20.3 Å². The summed E-state index contributed by atoms with van der Waals surface area (Å²) in [7, 11) is -2.95. The van der Waals surface area contributed by atoms with Crippen molar-refractivity contribution in [2.24, 2.45) is 0 Å². The lowest BCUT2D eigenvalue weighted by atomic mass is 10.3. The summed E-state index contributed by atoms with van der Waals surface area (Å²) in [5.74, 6) is -0.165. The first-order chi connectivity index (χ1) is 4.45. The van der Waals surface area contributed by atoms with Gasteiger partial charge in [-0.25, -0.2) is 8.42 Å². The van der Waals surface area contributed by atoms with Crippen molar-refractivity contribution in [1.29, 1.82) is 0 Å². The Bertz CT molecular complexity index is 171. The van der Waals surface area contributed by atoms with Crippen LogP contribution in [0.25, 0.3) is 0 Å². The Kier molecular flexibility index (Phi) is 3.89. The fourth-order valence-electron chi connectivity index (χ4n) is 0.358. The monoisotopic (exact) mass is 166 g/mol. The Morgan fingerprint density at radius 1 is 1.50 bits per heavy atom. The molecule has 0 N–H and O–H groups in total. The highest BCUT2D eigenvalue weighted by Crippen LogP contribution is 1.97. The van der Waals surface area contributed by atoms with Gasteiger partial charge in [-0.2, -0.15) is 0 Å². The van der Waals surface area contributed by atoms with E-state index < -0.39 is 9.84 Å². The molecule has 3 nitrogen and oxygen atoms in total. The summed E-state index contributed by atoms with van der Waals surface area (Å²) in [5, 5.41) is 0. The third-order valence-electron chi connectivity index (χ3n) is 1.14. The van der Waals surface area contributed by atoms with E-state index in [4.69, 9.17) is 4.74 Å². The van der Waals surface area contributed by atoms with E-state index in [0.717, 1.165) is 12.7 Å². The molecule has 0 fully saturated rings. The summed E-state index contributed by atoms with van der Waals surface area (Å²) in [6, 6.07) is 0. The van der Waals surface area contributed by atoms with Crippen molar-refractivity contribution in [3.63, 3.8) is 0 Å². The van der Waals surface area contributed by atoms with Crippen molar-refractivity contribution >= 4 is 9.84 Å². The van der Waals surface area contributed by atoms with Crippen LogP contribution in [0.15, 0.2) is 0 Å². The van der Waals surface area contributed by atoms with Crippen molar-refractivity contribution in [2.75, 3.05) is 12.2 Å². The van der Waals surface area contributed by atoms with E-state index in [0.29, 0.717) is 0 Å². The summed E-state index contributed by atoms with van der Waals surface area (Å²) in [6.07, 6.45) is 2.04. The Morgan fingerprint density at radius 3 is 2.30 bits per heavy atom. The normalized spacial score (nSPS) is 15.1. The number of ether oxygens (including phenoxy) is 1. The molecule has 0 radical (unpaired) electrons. The molecule has 0 saturated carbocycles. The molecular weight excluding hydrogens is 152 g/mol. The SMILES string of the molecule is CCC(C)OCS(C)(=O)=O. The molecule has 1 atom stereocenters. The highest BCUT2D eigenvalue weighted by Gasteiger charge is 2.04. The third kappa shape index (κ3) is 6.04. The summed E-state index contributed by atoms with van der Waals surface area (Å²) >= 11 is 0. The smallest absolute Gasteiger partial charge is 0.171 e. The minimum Gasteiger partial charge on any atom is -0.363 e. The Balaban J connectivity index is 3.56. The van der Waals surface area contributed by atoms with Crippen LogP contribution in [0.3, 0.4) is 0 Å². The summed E-state index contributed by atoms with van der Waals surface area (Å²) in [6.45, 7) is 3.80. The standard InChI is InChI=1S/C6H14O3S/c1-4-6(2)9-5-10(3,7)8/h6H,4-5H2,1-3H3. The molecule has 0 bridgehead atoms. The summed E-state index contributed by atoms with van der Waals surface area (Å²) in [4.78, 5) is 0. The molecule has 0 saturated heterocycles. The van der Waals surface area contributed by atoms with Crippen LogP contribution in [-0.4, -0.2) is 26.7 Å². The molecule has 0 aliphatic rings.